The fourth-order valence-corrected chi connectivity index (χ4v) is 4.07. The van der Waals surface area contributed by atoms with Gasteiger partial charge >= 0.3 is 0 Å². The first kappa shape index (κ1) is 15.3. The maximum absolute atomic E-state index is 12.7. The lowest BCUT2D eigenvalue weighted by Gasteiger charge is -2.36. The van der Waals surface area contributed by atoms with E-state index in [4.69, 9.17) is 0 Å². The van der Waals surface area contributed by atoms with Gasteiger partial charge in [-0.3, -0.25) is 14.7 Å². The standard InChI is InChI=1S/C19H19N3OS/c1-13-11-20-19-21(2)18(23)16-10-15(8-9-17(16)22(13)19)24-12-14-6-4-3-5-7-14/h3-10,13H,11-12H2,1-2H3/t13-/m1/s1. The molecular formula is C19H19N3OS. The number of anilines is 1. The Hall–Kier alpha value is -2.27. The second kappa shape index (κ2) is 5.98. The van der Waals surface area contributed by atoms with E-state index < -0.39 is 0 Å². The Morgan fingerprint density at radius 1 is 1.21 bits per heavy atom. The van der Waals surface area contributed by atoms with Gasteiger partial charge in [-0.05, 0) is 30.7 Å². The molecular weight excluding hydrogens is 318 g/mol. The molecule has 0 saturated carbocycles. The van der Waals surface area contributed by atoms with Crippen molar-refractivity contribution in [2.75, 3.05) is 18.5 Å². The highest BCUT2D eigenvalue weighted by Crippen LogP contribution is 2.35. The van der Waals surface area contributed by atoms with Crippen LogP contribution in [0.3, 0.4) is 0 Å². The van der Waals surface area contributed by atoms with Gasteiger partial charge in [0.25, 0.3) is 5.91 Å². The van der Waals surface area contributed by atoms with Crippen LogP contribution in [0.15, 0.2) is 58.4 Å². The van der Waals surface area contributed by atoms with E-state index in [1.165, 1.54) is 5.56 Å². The van der Waals surface area contributed by atoms with Crippen molar-refractivity contribution in [3.05, 3.63) is 59.7 Å². The largest absolute Gasteiger partial charge is 0.307 e. The maximum Gasteiger partial charge on any atom is 0.262 e. The Bertz CT molecular complexity index is 819. The molecule has 0 aromatic heterocycles. The van der Waals surface area contributed by atoms with E-state index in [2.05, 4.69) is 53.2 Å². The summed E-state index contributed by atoms with van der Waals surface area (Å²) >= 11 is 1.76. The van der Waals surface area contributed by atoms with Gasteiger partial charge in [-0.1, -0.05) is 30.3 Å². The quantitative estimate of drug-likeness (QED) is 0.803. The number of fused-ring (bicyclic) bond motifs is 3. The predicted octanol–water partition coefficient (Wildman–Crippen LogP) is 3.63. The van der Waals surface area contributed by atoms with Gasteiger partial charge in [0.15, 0.2) is 0 Å². The average molecular weight is 337 g/mol. The zero-order valence-electron chi connectivity index (χ0n) is 13.8. The smallest absolute Gasteiger partial charge is 0.262 e. The Morgan fingerprint density at radius 3 is 2.79 bits per heavy atom. The van der Waals surface area contributed by atoms with Crippen molar-refractivity contribution in [3.63, 3.8) is 0 Å². The number of carbonyl (C=O) groups is 1. The predicted molar refractivity (Wildman–Crippen MR) is 98.8 cm³/mol. The van der Waals surface area contributed by atoms with Crippen LogP contribution in [-0.4, -0.2) is 36.4 Å². The monoisotopic (exact) mass is 337 g/mol. The Labute approximate surface area is 146 Å². The molecule has 4 rings (SSSR count). The van der Waals surface area contributed by atoms with E-state index in [0.29, 0.717) is 0 Å². The summed E-state index contributed by atoms with van der Waals surface area (Å²) in [6.07, 6.45) is 0. The van der Waals surface area contributed by atoms with E-state index in [9.17, 15) is 4.79 Å². The molecule has 4 nitrogen and oxygen atoms in total. The third kappa shape index (κ3) is 2.49. The molecule has 2 aromatic carbocycles. The molecule has 2 heterocycles. The van der Waals surface area contributed by atoms with Crippen LogP contribution in [0.4, 0.5) is 5.69 Å². The van der Waals surface area contributed by atoms with Crippen LogP contribution in [-0.2, 0) is 5.75 Å². The molecule has 0 fully saturated rings. The SMILES string of the molecule is C[C@@H]1CN=C2N(C)C(=O)c3cc(SCc4ccccc4)ccc3N21. The first-order valence-corrected chi connectivity index (χ1v) is 9.06. The van der Waals surface area contributed by atoms with E-state index in [1.807, 2.05) is 12.1 Å². The third-order valence-electron chi connectivity index (χ3n) is 4.46. The van der Waals surface area contributed by atoms with Crippen LogP contribution < -0.4 is 4.90 Å². The summed E-state index contributed by atoms with van der Waals surface area (Å²) in [6.45, 7) is 2.87. The minimum atomic E-state index is 0.0243. The summed E-state index contributed by atoms with van der Waals surface area (Å²) in [5.41, 5.74) is 3.03. The van der Waals surface area contributed by atoms with Crippen molar-refractivity contribution < 1.29 is 4.79 Å². The lowest BCUT2D eigenvalue weighted by atomic mass is 10.1. The third-order valence-corrected chi connectivity index (χ3v) is 5.53. The van der Waals surface area contributed by atoms with Crippen LogP contribution >= 0.6 is 11.8 Å². The molecule has 1 atom stereocenters. The van der Waals surface area contributed by atoms with Gasteiger partial charge in [-0.2, -0.15) is 0 Å². The van der Waals surface area contributed by atoms with E-state index in [-0.39, 0.29) is 11.9 Å². The van der Waals surface area contributed by atoms with Gasteiger partial charge in [-0.25, -0.2) is 0 Å². The summed E-state index contributed by atoms with van der Waals surface area (Å²) in [6, 6.07) is 16.9. The van der Waals surface area contributed by atoms with Crippen molar-refractivity contribution in [3.8, 4) is 0 Å². The molecule has 122 valence electrons. The van der Waals surface area contributed by atoms with Crippen LogP contribution in [0, 0.1) is 0 Å². The molecule has 0 aliphatic carbocycles. The lowest BCUT2D eigenvalue weighted by Crippen LogP contribution is -2.50. The van der Waals surface area contributed by atoms with Crippen LogP contribution in [0.2, 0.25) is 0 Å². The molecule has 0 bridgehead atoms. The number of carbonyl (C=O) groups excluding carboxylic acids is 1. The minimum Gasteiger partial charge on any atom is -0.307 e. The molecule has 1 amide bonds. The second-order valence-electron chi connectivity index (χ2n) is 6.18. The molecule has 0 spiro atoms. The Kier molecular flexibility index (Phi) is 3.81. The molecule has 24 heavy (non-hydrogen) atoms. The topological polar surface area (TPSA) is 35.9 Å². The molecule has 2 aromatic rings. The average Bonchev–Trinajstić information content (AvgIpc) is 3.00. The summed E-state index contributed by atoms with van der Waals surface area (Å²) in [7, 11) is 1.80. The number of benzene rings is 2. The first-order valence-electron chi connectivity index (χ1n) is 8.07. The van der Waals surface area contributed by atoms with Crippen LogP contribution in [0.1, 0.15) is 22.8 Å². The number of aliphatic imine (C=N–C) groups is 1. The van der Waals surface area contributed by atoms with Crippen molar-refractivity contribution in [2.45, 2.75) is 23.6 Å². The Balaban J connectivity index is 1.63. The van der Waals surface area contributed by atoms with Crippen molar-refractivity contribution in [1.29, 1.82) is 0 Å². The summed E-state index contributed by atoms with van der Waals surface area (Å²) in [5.74, 6) is 1.69. The van der Waals surface area contributed by atoms with Gasteiger partial charge in [0.1, 0.15) is 0 Å². The zero-order valence-corrected chi connectivity index (χ0v) is 14.6. The number of thioether (sulfide) groups is 1. The highest BCUT2D eigenvalue weighted by atomic mass is 32.2. The molecule has 0 radical (unpaired) electrons. The molecule has 2 aliphatic rings. The molecule has 0 N–H and O–H groups in total. The summed E-state index contributed by atoms with van der Waals surface area (Å²) in [5, 5.41) is 0. The van der Waals surface area contributed by atoms with Crippen molar-refractivity contribution >= 4 is 29.3 Å². The van der Waals surface area contributed by atoms with Gasteiger partial charge in [0.05, 0.1) is 23.8 Å². The highest BCUT2D eigenvalue weighted by molar-refractivity contribution is 7.98. The highest BCUT2D eigenvalue weighted by Gasteiger charge is 2.38. The Morgan fingerprint density at radius 2 is 2.00 bits per heavy atom. The lowest BCUT2D eigenvalue weighted by molar-refractivity contribution is 0.0865. The fraction of sp³-hybridized carbons (Fsp3) is 0.263. The number of hydrogen-bond acceptors (Lipinski definition) is 4. The number of hydrogen-bond donors (Lipinski definition) is 0. The fourth-order valence-electron chi connectivity index (χ4n) is 3.18. The molecule has 2 aliphatic heterocycles. The number of guanidine groups is 1. The normalized spacial score (nSPS) is 19.2. The number of amides is 1. The number of nitrogens with zero attached hydrogens (tertiary/aromatic N) is 3. The molecule has 5 heteroatoms. The zero-order chi connectivity index (χ0) is 16.7. The van der Waals surface area contributed by atoms with Crippen molar-refractivity contribution in [1.82, 2.24) is 4.90 Å². The van der Waals surface area contributed by atoms with E-state index in [1.54, 1.807) is 23.7 Å². The maximum atomic E-state index is 12.7. The van der Waals surface area contributed by atoms with E-state index >= 15 is 0 Å². The van der Waals surface area contributed by atoms with Crippen LogP contribution in [0.25, 0.3) is 0 Å². The summed E-state index contributed by atoms with van der Waals surface area (Å²) < 4.78 is 0. The van der Waals surface area contributed by atoms with Crippen molar-refractivity contribution in [2.24, 2.45) is 4.99 Å². The summed E-state index contributed by atoms with van der Waals surface area (Å²) in [4.78, 5) is 22.2. The number of rotatable bonds is 3. The van der Waals surface area contributed by atoms with Gasteiger partial charge in [0, 0.05) is 17.7 Å². The van der Waals surface area contributed by atoms with Gasteiger partial charge < -0.3 is 4.90 Å². The van der Waals surface area contributed by atoms with E-state index in [0.717, 1.165) is 34.4 Å². The van der Waals surface area contributed by atoms with Crippen LogP contribution in [0.5, 0.6) is 0 Å². The molecule has 0 unspecified atom stereocenters. The van der Waals surface area contributed by atoms with Gasteiger partial charge in [0.2, 0.25) is 5.96 Å². The molecule has 0 saturated heterocycles. The minimum absolute atomic E-state index is 0.0243. The first-order chi connectivity index (χ1) is 11.6. The van der Waals surface area contributed by atoms with Gasteiger partial charge in [-0.15, -0.1) is 11.8 Å². The second-order valence-corrected chi connectivity index (χ2v) is 7.23.